The summed E-state index contributed by atoms with van der Waals surface area (Å²) in [5.41, 5.74) is 1.89. The molecule has 0 aliphatic carbocycles. The van der Waals surface area contributed by atoms with Gasteiger partial charge in [-0.3, -0.25) is 14.4 Å². The van der Waals surface area contributed by atoms with Gasteiger partial charge in [0.05, 0.1) is 18.7 Å². The van der Waals surface area contributed by atoms with E-state index in [1.54, 1.807) is 4.68 Å². The van der Waals surface area contributed by atoms with Gasteiger partial charge in [-0.15, -0.1) is 0 Å². The Morgan fingerprint density at radius 1 is 1.58 bits per heavy atom. The molecule has 2 rings (SSSR count). The van der Waals surface area contributed by atoms with Crippen LogP contribution in [0.1, 0.15) is 25.2 Å². The lowest BCUT2D eigenvalue weighted by Gasteiger charge is -2.34. The minimum atomic E-state index is -0.300. The molecule has 0 spiro atoms. The normalized spacial score (nSPS) is 21.0. The molecule has 0 aromatic carbocycles. The Labute approximate surface area is 114 Å². The van der Waals surface area contributed by atoms with Crippen LogP contribution in [0.2, 0.25) is 0 Å². The first-order valence-electron chi connectivity index (χ1n) is 6.85. The summed E-state index contributed by atoms with van der Waals surface area (Å²) >= 11 is 0. The van der Waals surface area contributed by atoms with Crippen LogP contribution in [0.4, 0.5) is 0 Å². The Bertz CT molecular complexity index is 454. The van der Waals surface area contributed by atoms with Crippen molar-refractivity contribution < 1.29 is 9.53 Å². The zero-order valence-electron chi connectivity index (χ0n) is 12.2. The van der Waals surface area contributed by atoms with Crippen molar-refractivity contribution in [3.63, 3.8) is 0 Å². The van der Waals surface area contributed by atoms with Crippen molar-refractivity contribution in [1.29, 1.82) is 0 Å². The maximum atomic E-state index is 12.3. The van der Waals surface area contributed by atoms with Gasteiger partial charge in [-0.25, -0.2) is 0 Å². The van der Waals surface area contributed by atoms with Crippen molar-refractivity contribution in [2.45, 2.75) is 39.3 Å². The number of hydrogen-bond acceptors (Lipinski definition) is 4. The molecule has 1 aliphatic heterocycles. The smallest absolute Gasteiger partial charge is 0.168 e. The van der Waals surface area contributed by atoms with Gasteiger partial charge in [0.15, 0.2) is 5.78 Å². The van der Waals surface area contributed by atoms with Crippen molar-refractivity contribution in [1.82, 2.24) is 14.7 Å². The van der Waals surface area contributed by atoms with Crippen LogP contribution in [0.3, 0.4) is 0 Å². The van der Waals surface area contributed by atoms with Crippen LogP contribution in [-0.2, 0) is 23.0 Å². The Balaban J connectivity index is 1.98. The van der Waals surface area contributed by atoms with Gasteiger partial charge in [-0.05, 0) is 26.8 Å². The first-order chi connectivity index (χ1) is 8.97. The van der Waals surface area contributed by atoms with E-state index in [1.165, 1.54) is 0 Å². The summed E-state index contributed by atoms with van der Waals surface area (Å²) in [4.78, 5) is 14.6. The van der Waals surface area contributed by atoms with E-state index in [0.29, 0.717) is 25.6 Å². The molecule has 0 saturated carbocycles. The second kappa shape index (κ2) is 5.84. The molecule has 1 fully saturated rings. The second-order valence-electron chi connectivity index (χ2n) is 5.49. The van der Waals surface area contributed by atoms with E-state index in [9.17, 15) is 4.79 Å². The van der Waals surface area contributed by atoms with Gasteiger partial charge in [0, 0.05) is 31.9 Å². The quantitative estimate of drug-likeness (QED) is 0.813. The van der Waals surface area contributed by atoms with Crippen molar-refractivity contribution in [3.8, 4) is 0 Å². The van der Waals surface area contributed by atoms with Crippen molar-refractivity contribution in [3.05, 3.63) is 17.5 Å². The number of carbonyl (C=O) groups excluding carboxylic acids is 1. The summed E-state index contributed by atoms with van der Waals surface area (Å²) < 4.78 is 7.39. The van der Waals surface area contributed by atoms with E-state index in [4.69, 9.17) is 4.74 Å². The van der Waals surface area contributed by atoms with Crippen molar-refractivity contribution in [2.24, 2.45) is 7.05 Å². The number of morpholine rings is 1. The number of ketones is 1. The molecule has 1 aliphatic rings. The molecular weight excluding hydrogens is 242 g/mol. The van der Waals surface area contributed by atoms with Crippen molar-refractivity contribution in [2.75, 3.05) is 19.7 Å². The monoisotopic (exact) mass is 265 g/mol. The van der Waals surface area contributed by atoms with E-state index in [2.05, 4.69) is 23.8 Å². The molecule has 1 atom stereocenters. The summed E-state index contributed by atoms with van der Waals surface area (Å²) in [5, 5.41) is 4.27. The highest BCUT2D eigenvalue weighted by Gasteiger charge is 2.28. The highest BCUT2D eigenvalue weighted by molar-refractivity contribution is 5.85. The molecule has 5 nitrogen and oxygen atoms in total. The Kier molecular flexibility index (Phi) is 4.37. The third-order valence-corrected chi connectivity index (χ3v) is 3.64. The predicted molar refractivity (Wildman–Crippen MR) is 73.1 cm³/mol. The topological polar surface area (TPSA) is 47.4 Å². The largest absolute Gasteiger partial charge is 0.368 e. The van der Waals surface area contributed by atoms with Gasteiger partial charge in [0.25, 0.3) is 0 Å². The summed E-state index contributed by atoms with van der Waals surface area (Å²) in [6.45, 7) is 8.48. The molecule has 1 unspecified atom stereocenters. The fourth-order valence-corrected chi connectivity index (χ4v) is 2.46. The maximum Gasteiger partial charge on any atom is 0.168 e. The van der Waals surface area contributed by atoms with Crippen LogP contribution in [0, 0.1) is 6.92 Å². The fourth-order valence-electron chi connectivity index (χ4n) is 2.46. The Hall–Kier alpha value is -1.20. The van der Waals surface area contributed by atoms with E-state index in [-0.39, 0.29) is 11.9 Å². The van der Waals surface area contributed by atoms with Gasteiger partial charge >= 0.3 is 0 Å². The van der Waals surface area contributed by atoms with Crippen LogP contribution in [0.5, 0.6) is 0 Å². The first kappa shape index (κ1) is 14.2. The SMILES string of the molecule is Cc1cc(CC(=O)C2CN(C(C)C)CCO2)n(C)n1. The average molecular weight is 265 g/mol. The van der Waals surface area contributed by atoms with E-state index < -0.39 is 0 Å². The minimum Gasteiger partial charge on any atom is -0.368 e. The van der Waals surface area contributed by atoms with Crippen LogP contribution in [0.15, 0.2) is 6.07 Å². The molecule has 0 bridgehead atoms. The molecule has 1 aromatic rings. The van der Waals surface area contributed by atoms with E-state index in [0.717, 1.165) is 17.9 Å². The van der Waals surface area contributed by atoms with Crippen molar-refractivity contribution >= 4 is 5.78 Å². The molecule has 2 heterocycles. The Morgan fingerprint density at radius 3 is 2.89 bits per heavy atom. The lowest BCUT2D eigenvalue weighted by atomic mass is 10.1. The van der Waals surface area contributed by atoms with Gasteiger partial charge in [-0.2, -0.15) is 5.10 Å². The highest BCUT2D eigenvalue weighted by atomic mass is 16.5. The molecule has 0 radical (unpaired) electrons. The summed E-state index contributed by atoms with van der Waals surface area (Å²) in [7, 11) is 1.87. The number of nitrogens with zero attached hydrogens (tertiary/aromatic N) is 3. The van der Waals surface area contributed by atoms with Crippen LogP contribution in [-0.4, -0.2) is 52.3 Å². The van der Waals surface area contributed by atoms with Gasteiger partial charge in [0.2, 0.25) is 0 Å². The fraction of sp³-hybridized carbons (Fsp3) is 0.714. The number of ether oxygens (including phenoxy) is 1. The summed E-state index contributed by atoms with van der Waals surface area (Å²) in [5.74, 6) is 0.147. The summed E-state index contributed by atoms with van der Waals surface area (Å²) in [6, 6.07) is 2.42. The Morgan fingerprint density at radius 2 is 2.32 bits per heavy atom. The third-order valence-electron chi connectivity index (χ3n) is 3.64. The predicted octanol–water partition coefficient (Wildman–Crippen LogP) is 0.949. The van der Waals surface area contributed by atoms with E-state index >= 15 is 0 Å². The number of Topliss-reactive ketones (excluding diaryl/α,β-unsaturated/α-hetero) is 1. The number of aromatic nitrogens is 2. The minimum absolute atomic E-state index is 0.147. The first-order valence-corrected chi connectivity index (χ1v) is 6.85. The van der Waals surface area contributed by atoms with Crippen LogP contribution >= 0.6 is 0 Å². The number of hydrogen-bond donors (Lipinski definition) is 0. The molecule has 0 N–H and O–H groups in total. The standard InChI is InChI=1S/C14H23N3O2/c1-10(2)17-5-6-19-14(9-17)13(18)8-12-7-11(3)15-16(12)4/h7,10,14H,5-6,8-9H2,1-4H3. The molecule has 0 amide bonds. The maximum absolute atomic E-state index is 12.3. The van der Waals surface area contributed by atoms with Gasteiger partial charge in [-0.1, -0.05) is 0 Å². The van der Waals surface area contributed by atoms with Crippen LogP contribution < -0.4 is 0 Å². The molecule has 1 saturated heterocycles. The summed E-state index contributed by atoms with van der Waals surface area (Å²) in [6.07, 6.45) is 0.0971. The molecule has 19 heavy (non-hydrogen) atoms. The number of carbonyl (C=O) groups is 1. The highest BCUT2D eigenvalue weighted by Crippen LogP contribution is 2.12. The molecular formula is C14H23N3O2. The number of rotatable bonds is 4. The molecule has 5 heteroatoms. The second-order valence-corrected chi connectivity index (χ2v) is 5.49. The lowest BCUT2D eigenvalue weighted by molar-refractivity contribution is -0.136. The average Bonchev–Trinajstić information content (AvgIpc) is 2.68. The van der Waals surface area contributed by atoms with Gasteiger partial charge < -0.3 is 4.74 Å². The van der Waals surface area contributed by atoms with Crippen LogP contribution in [0.25, 0.3) is 0 Å². The molecule has 1 aromatic heterocycles. The lowest BCUT2D eigenvalue weighted by Crippen LogP contribution is -2.49. The zero-order chi connectivity index (χ0) is 14.0. The molecule has 106 valence electrons. The zero-order valence-corrected chi connectivity index (χ0v) is 12.2. The third kappa shape index (κ3) is 3.42. The van der Waals surface area contributed by atoms with Gasteiger partial charge in [0.1, 0.15) is 6.10 Å². The van der Waals surface area contributed by atoms with E-state index in [1.807, 2.05) is 20.0 Å². The number of aryl methyl sites for hydroxylation is 2.